The van der Waals surface area contributed by atoms with Gasteiger partial charge in [-0.15, -0.1) is 0 Å². The van der Waals surface area contributed by atoms with Gasteiger partial charge < -0.3 is 15.4 Å². The molecule has 0 aliphatic carbocycles. The highest BCUT2D eigenvalue weighted by atomic mass is 16.5. The third-order valence-electron chi connectivity index (χ3n) is 3.22. The number of rotatable bonds is 6. The van der Waals surface area contributed by atoms with Gasteiger partial charge in [0.2, 0.25) is 0 Å². The lowest BCUT2D eigenvalue weighted by Gasteiger charge is -2.08. The van der Waals surface area contributed by atoms with Gasteiger partial charge in [0, 0.05) is 31.5 Å². The Morgan fingerprint density at radius 3 is 2.71 bits per heavy atom. The topological polar surface area (TPSA) is 102 Å². The maximum Gasteiger partial charge on any atom is 0.276 e. The van der Waals surface area contributed by atoms with Crippen LogP contribution in [0.15, 0.2) is 41.2 Å². The number of benzene rings is 1. The highest BCUT2D eigenvalue weighted by Crippen LogP contribution is 2.11. The molecule has 1 aromatic heterocycles. The van der Waals surface area contributed by atoms with E-state index >= 15 is 0 Å². The maximum atomic E-state index is 12.3. The maximum absolute atomic E-state index is 12.3. The van der Waals surface area contributed by atoms with Crippen molar-refractivity contribution in [1.29, 1.82) is 0 Å². The Balaban J connectivity index is 2.18. The first-order chi connectivity index (χ1) is 11.5. The van der Waals surface area contributed by atoms with E-state index in [-0.39, 0.29) is 23.7 Å². The van der Waals surface area contributed by atoms with E-state index in [1.54, 1.807) is 24.3 Å². The van der Waals surface area contributed by atoms with Crippen LogP contribution in [-0.4, -0.2) is 42.4 Å². The summed E-state index contributed by atoms with van der Waals surface area (Å²) in [7, 11) is 3.04. The molecule has 1 heterocycles. The Labute approximate surface area is 138 Å². The molecule has 0 bridgehead atoms. The van der Waals surface area contributed by atoms with E-state index in [1.165, 1.54) is 31.0 Å². The number of nitrogens with zero attached hydrogens (tertiary/aromatic N) is 2. The number of ether oxygens (including phenoxy) is 1. The predicted molar refractivity (Wildman–Crippen MR) is 88.2 cm³/mol. The number of anilines is 1. The second kappa shape index (κ2) is 8.02. The molecule has 0 fully saturated rings. The van der Waals surface area contributed by atoms with Crippen molar-refractivity contribution >= 4 is 17.5 Å². The van der Waals surface area contributed by atoms with Crippen LogP contribution in [-0.2, 0) is 11.3 Å². The SMILES string of the molecule is CNC(=O)c1cccc(NC(=O)c2ccc(=O)n(CCOC)n2)c1. The fourth-order valence-corrected chi connectivity index (χ4v) is 1.99. The van der Waals surface area contributed by atoms with E-state index < -0.39 is 5.91 Å². The summed E-state index contributed by atoms with van der Waals surface area (Å²) in [5.74, 6) is -0.729. The molecule has 0 radical (unpaired) electrons. The van der Waals surface area contributed by atoms with Crippen LogP contribution in [0, 0.1) is 0 Å². The van der Waals surface area contributed by atoms with Crippen LogP contribution in [0.1, 0.15) is 20.8 Å². The molecule has 0 unspecified atom stereocenters. The van der Waals surface area contributed by atoms with Crippen LogP contribution >= 0.6 is 0 Å². The molecule has 0 aliphatic heterocycles. The van der Waals surface area contributed by atoms with Crippen molar-refractivity contribution in [3.05, 3.63) is 58.0 Å². The number of methoxy groups -OCH3 is 1. The highest BCUT2D eigenvalue weighted by molar-refractivity contribution is 6.03. The second-order valence-electron chi connectivity index (χ2n) is 4.89. The van der Waals surface area contributed by atoms with E-state index in [9.17, 15) is 14.4 Å². The summed E-state index contributed by atoms with van der Waals surface area (Å²) >= 11 is 0. The van der Waals surface area contributed by atoms with Crippen LogP contribution in [0.4, 0.5) is 5.69 Å². The standard InChI is InChI=1S/C16H18N4O4/c1-17-15(22)11-4-3-5-12(10-11)18-16(23)13-6-7-14(21)20(19-13)8-9-24-2/h3-7,10H,8-9H2,1-2H3,(H,17,22)(H,18,23). The molecule has 2 rings (SSSR count). The van der Waals surface area contributed by atoms with E-state index in [1.807, 2.05) is 0 Å². The van der Waals surface area contributed by atoms with E-state index in [0.717, 1.165) is 0 Å². The Hall–Kier alpha value is -3.00. The summed E-state index contributed by atoms with van der Waals surface area (Å²) in [4.78, 5) is 35.6. The van der Waals surface area contributed by atoms with Crippen molar-refractivity contribution < 1.29 is 14.3 Å². The zero-order valence-corrected chi connectivity index (χ0v) is 13.4. The number of nitrogens with one attached hydrogen (secondary N) is 2. The number of hydrogen-bond donors (Lipinski definition) is 2. The molecule has 126 valence electrons. The Bertz CT molecular complexity index is 801. The highest BCUT2D eigenvalue weighted by Gasteiger charge is 2.11. The van der Waals surface area contributed by atoms with Crippen molar-refractivity contribution in [3.63, 3.8) is 0 Å². The predicted octanol–water partition coefficient (Wildman–Crippen LogP) is 0.502. The molecule has 8 nitrogen and oxygen atoms in total. The van der Waals surface area contributed by atoms with Gasteiger partial charge in [-0.1, -0.05) is 6.07 Å². The largest absolute Gasteiger partial charge is 0.383 e. The van der Waals surface area contributed by atoms with Crippen LogP contribution < -0.4 is 16.2 Å². The molecular weight excluding hydrogens is 312 g/mol. The molecule has 0 spiro atoms. The monoisotopic (exact) mass is 330 g/mol. The van der Waals surface area contributed by atoms with Gasteiger partial charge in [0.05, 0.1) is 13.2 Å². The molecule has 1 aromatic carbocycles. The summed E-state index contributed by atoms with van der Waals surface area (Å²) in [5, 5.41) is 9.18. The van der Waals surface area contributed by atoms with Crippen molar-refractivity contribution in [2.75, 3.05) is 26.1 Å². The number of carbonyl (C=O) groups excluding carboxylic acids is 2. The molecule has 0 aliphatic rings. The minimum atomic E-state index is -0.477. The first-order valence-electron chi connectivity index (χ1n) is 7.25. The first-order valence-corrected chi connectivity index (χ1v) is 7.25. The second-order valence-corrected chi connectivity index (χ2v) is 4.89. The molecular formula is C16H18N4O4. The van der Waals surface area contributed by atoms with Gasteiger partial charge in [-0.05, 0) is 24.3 Å². The normalized spacial score (nSPS) is 10.2. The molecule has 2 N–H and O–H groups in total. The molecule has 0 atom stereocenters. The first kappa shape index (κ1) is 17.4. The van der Waals surface area contributed by atoms with Gasteiger partial charge in [-0.25, -0.2) is 4.68 Å². The van der Waals surface area contributed by atoms with Gasteiger partial charge in [-0.2, -0.15) is 5.10 Å². The van der Waals surface area contributed by atoms with Crippen molar-refractivity contribution in [3.8, 4) is 0 Å². The minimum absolute atomic E-state index is 0.0936. The zero-order valence-electron chi connectivity index (χ0n) is 13.4. The molecule has 0 saturated heterocycles. The molecule has 2 amide bonds. The summed E-state index contributed by atoms with van der Waals surface area (Å²) < 4.78 is 6.07. The number of aromatic nitrogens is 2. The lowest BCUT2D eigenvalue weighted by molar-refractivity contribution is 0.0961. The van der Waals surface area contributed by atoms with E-state index in [0.29, 0.717) is 17.9 Å². The van der Waals surface area contributed by atoms with Crippen LogP contribution in [0.2, 0.25) is 0 Å². The Kier molecular flexibility index (Phi) is 5.80. The van der Waals surface area contributed by atoms with Gasteiger partial charge in [0.1, 0.15) is 5.69 Å². The van der Waals surface area contributed by atoms with Crippen LogP contribution in [0.3, 0.4) is 0 Å². The Morgan fingerprint density at radius 2 is 2.00 bits per heavy atom. The van der Waals surface area contributed by atoms with Crippen molar-refractivity contribution in [2.24, 2.45) is 0 Å². The summed E-state index contributed by atoms with van der Waals surface area (Å²) in [6.45, 7) is 0.564. The number of amides is 2. The summed E-state index contributed by atoms with van der Waals surface area (Å²) in [6, 6.07) is 9.13. The molecule has 2 aromatic rings. The Morgan fingerprint density at radius 1 is 1.21 bits per heavy atom. The molecule has 8 heteroatoms. The fraction of sp³-hybridized carbons (Fsp3) is 0.250. The quantitative estimate of drug-likeness (QED) is 0.803. The van der Waals surface area contributed by atoms with Crippen LogP contribution in [0.25, 0.3) is 0 Å². The van der Waals surface area contributed by atoms with Gasteiger partial charge in [0.15, 0.2) is 0 Å². The third kappa shape index (κ3) is 4.26. The third-order valence-corrected chi connectivity index (χ3v) is 3.22. The number of hydrogen-bond acceptors (Lipinski definition) is 5. The molecule has 24 heavy (non-hydrogen) atoms. The minimum Gasteiger partial charge on any atom is -0.383 e. The van der Waals surface area contributed by atoms with Gasteiger partial charge >= 0.3 is 0 Å². The zero-order chi connectivity index (χ0) is 17.5. The van der Waals surface area contributed by atoms with Gasteiger partial charge in [-0.3, -0.25) is 14.4 Å². The average molecular weight is 330 g/mol. The van der Waals surface area contributed by atoms with Crippen molar-refractivity contribution in [2.45, 2.75) is 6.54 Å². The fourth-order valence-electron chi connectivity index (χ4n) is 1.99. The summed E-state index contributed by atoms with van der Waals surface area (Å²) in [6.07, 6.45) is 0. The lowest BCUT2D eigenvalue weighted by Crippen LogP contribution is -2.27. The van der Waals surface area contributed by atoms with Gasteiger partial charge in [0.25, 0.3) is 17.4 Å². The molecule has 0 saturated carbocycles. The summed E-state index contributed by atoms with van der Waals surface area (Å²) in [5.41, 5.74) is 0.659. The smallest absolute Gasteiger partial charge is 0.276 e. The van der Waals surface area contributed by atoms with E-state index in [4.69, 9.17) is 4.74 Å². The average Bonchev–Trinajstić information content (AvgIpc) is 2.60. The van der Waals surface area contributed by atoms with Crippen molar-refractivity contribution in [1.82, 2.24) is 15.1 Å². The van der Waals surface area contributed by atoms with E-state index in [2.05, 4.69) is 15.7 Å². The number of carbonyl (C=O) groups is 2. The van der Waals surface area contributed by atoms with Crippen LogP contribution in [0.5, 0.6) is 0 Å². The lowest BCUT2D eigenvalue weighted by atomic mass is 10.2.